The minimum absolute atomic E-state index is 0.127. The second-order valence-electron chi connectivity index (χ2n) is 6.10. The Kier molecular flexibility index (Phi) is 6.03. The van der Waals surface area contributed by atoms with E-state index in [1.54, 1.807) is 24.0 Å². The van der Waals surface area contributed by atoms with Gasteiger partial charge in [-0.15, -0.1) is 6.58 Å². The number of pyridine rings is 1. The Bertz CT molecular complexity index is 922. The fourth-order valence-electron chi connectivity index (χ4n) is 2.84. The molecule has 0 aliphatic heterocycles. The van der Waals surface area contributed by atoms with Gasteiger partial charge < -0.3 is 14.8 Å². The van der Waals surface area contributed by atoms with E-state index in [1.807, 2.05) is 24.3 Å². The van der Waals surface area contributed by atoms with Crippen molar-refractivity contribution in [3.8, 4) is 22.9 Å². The number of fused-ring (bicyclic) bond motifs is 1. The molecular weight excluding hydrogens is 342 g/mol. The molecule has 3 aromatic heterocycles. The lowest BCUT2D eigenvalue weighted by atomic mass is 10.1. The molecule has 3 rings (SSSR count). The van der Waals surface area contributed by atoms with E-state index < -0.39 is 0 Å². The van der Waals surface area contributed by atoms with E-state index in [9.17, 15) is 0 Å². The first-order valence-electron chi connectivity index (χ1n) is 9.04. The number of nitrogens with one attached hydrogen (secondary N) is 1. The third kappa shape index (κ3) is 4.09. The lowest BCUT2D eigenvalue weighted by Gasteiger charge is -2.16. The van der Waals surface area contributed by atoms with Gasteiger partial charge in [-0.3, -0.25) is 4.98 Å². The Morgan fingerprint density at radius 3 is 2.96 bits per heavy atom. The third-order valence-corrected chi connectivity index (χ3v) is 4.24. The molecule has 0 amide bonds. The topological polar surface area (TPSA) is 73.6 Å². The van der Waals surface area contributed by atoms with Crippen molar-refractivity contribution in [3.63, 3.8) is 0 Å². The molecule has 3 aromatic rings. The van der Waals surface area contributed by atoms with Crippen molar-refractivity contribution in [1.29, 1.82) is 0 Å². The summed E-state index contributed by atoms with van der Waals surface area (Å²) in [6.45, 7) is 9.28. The summed E-state index contributed by atoms with van der Waals surface area (Å²) < 4.78 is 13.1. The Hall–Kier alpha value is -2.93. The van der Waals surface area contributed by atoms with Crippen LogP contribution < -0.4 is 14.8 Å². The van der Waals surface area contributed by atoms with Gasteiger partial charge in [0.1, 0.15) is 5.75 Å². The monoisotopic (exact) mass is 367 g/mol. The number of ether oxygens (including phenoxy) is 2. The van der Waals surface area contributed by atoms with Crippen molar-refractivity contribution in [1.82, 2.24) is 24.9 Å². The minimum atomic E-state index is 0.127. The van der Waals surface area contributed by atoms with Gasteiger partial charge in [-0.05, 0) is 26.0 Å². The number of hydrogen-bond donors (Lipinski definition) is 1. The highest BCUT2D eigenvalue weighted by Gasteiger charge is 2.16. The molecule has 0 aliphatic carbocycles. The molecule has 0 unspecified atom stereocenters. The van der Waals surface area contributed by atoms with E-state index in [2.05, 4.69) is 35.8 Å². The van der Waals surface area contributed by atoms with Crippen molar-refractivity contribution in [2.45, 2.75) is 26.3 Å². The van der Waals surface area contributed by atoms with Crippen LogP contribution in [-0.4, -0.2) is 39.8 Å². The van der Waals surface area contributed by atoms with Gasteiger partial charge >= 0.3 is 0 Å². The number of nitrogens with zero attached hydrogens (tertiary/aromatic N) is 4. The van der Waals surface area contributed by atoms with Crippen LogP contribution in [0.2, 0.25) is 0 Å². The molecular formula is C20H25N5O2. The maximum atomic E-state index is 5.89. The van der Waals surface area contributed by atoms with Crippen LogP contribution in [0.25, 0.3) is 16.9 Å². The summed E-state index contributed by atoms with van der Waals surface area (Å²) in [5.74, 6) is 1.29. The lowest BCUT2D eigenvalue weighted by molar-refractivity contribution is 0.304. The van der Waals surface area contributed by atoms with Crippen LogP contribution in [0, 0.1) is 0 Å². The largest absolute Gasteiger partial charge is 0.494 e. The molecule has 7 heteroatoms. The predicted molar refractivity (Wildman–Crippen MR) is 105 cm³/mol. The van der Waals surface area contributed by atoms with Gasteiger partial charge in [0, 0.05) is 23.7 Å². The zero-order chi connectivity index (χ0) is 19.2. The van der Waals surface area contributed by atoms with Crippen LogP contribution >= 0.6 is 0 Å². The molecule has 1 N–H and O–H groups in total. The highest BCUT2D eigenvalue weighted by Crippen LogP contribution is 2.32. The maximum Gasteiger partial charge on any atom is 0.218 e. The van der Waals surface area contributed by atoms with Gasteiger partial charge in [0.25, 0.3) is 0 Å². The minimum Gasteiger partial charge on any atom is -0.494 e. The van der Waals surface area contributed by atoms with Crippen molar-refractivity contribution in [2.24, 2.45) is 0 Å². The molecule has 0 aromatic carbocycles. The molecule has 0 aliphatic rings. The second-order valence-corrected chi connectivity index (χ2v) is 6.10. The summed E-state index contributed by atoms with van der Waals surface area (Å²) in [4.78, 5) is 9.24. The Morgan fingerprint density at radius 2 is 2.22 bits per heavy atom. The molecule has 0 bridgehead atoms. The van der Waals surface area contributed by atoms with E-state index in [0.29, 0.717) is 23.9 Å². The first-order chi connectivity index (χ1) is 13.2. The fourth-order valence-corrected chi connectivity index (χ4v) is 2.84. The Morgan fingerprint density at radius 1 is 1.37 bits per heavy atom. The highest BCUT2D eigenvalue weighted by molar-refractivity contribution is 5.69. The van der Waals surface area contributed by atoms with Crippen molar-refractivity contribution < 1.29 is 9.47 Å². The molecule has 0 spiro atoms. The maximum absolute atomic E-state index is 5.89. The molecule has 7 nitrogen and oxygen atoms in total. The second kappa shape index (κ2) is 8.64. The van der Waals surface area contributed by atoms with E-state index in [0.717, 1.165) is 29.9 Å². The predicted octanol–water partition coefficient (Wildman–Crippen LogP) is 3.43. The van der Waals surface area contributed by atoms with Crippen LogP contribution in [0.4, 0.5) is 0 Å². The molecule has 0 fully saturated rings. The van der Waals surface area contributed by atoms with E-state index in [4.69, 9.17) is 14.5 Å². The van der Waals surface area contributed by atoms with E-state index >= 15 is 0 Å². The number of rotatable bonds is 9. The fraction of sp³-hybridized carbons (Fsp3) is 0.350. The molecule has 27 heavy (non-hydrogen) atoms. The van der Waals surface area contributed by atoms with Crippen LogP contribution in [0.3, 0.4) is 0 Å². The van der Waals surface area contributed by atoms with Crippen LogP contribution in [0.5, 0.6) is 11.6 Å². The summed E-state index contributed by atoms with van der Waals surface area (Å²) in [5.41, 5.74) is 3.25. The standard InChI is InChI=1S/C20H25N5O2/c1-5-7-10-27-20-12-17(24-19-8-9-23-25(19)20)15-11-16(14(3)21-6-2)22-13-18(15)26-4/h5,8-9,11-14,21H,1,6-7,10H2,2-4H3/t14-/m1/s1. The van der Waals surface area contributed by atoms with Crippen molar-refractivity contribution >= 4 is 5.65 Å². The Labute approximate surface area is 159 Å². The summed E-state index contributed by atoms with van der Waals surface area (Å²) in [6, 6.07) is 5.86. The van der Waals surface area contributed by atoms with Gasteiger partial charge in [0.05, 0.1) is 37.5 Å². The van der Waals surface area contributed by atoms with Crippen LogP contribution in [0.15, 0.2) is 43.2 Å². The molecule has 0 saturated heterocycles. The quantitative estimate of drug-likeness (QED) is 0.461. The summed E-state index contributed by atoms with van der Waals surface area (Å²) in [6.07, 6.45) is 6.01. The molecule has 0 saturated carbocycles. The average Bonchev–Trinajstić information content (AvgIpc) is 3.16. The van der Waals surface area contributed by atoms with Gasteiger partial charge in [0.2, 0.25) is 5.88 Å². The van der Waals surface area contributed by atoms with Gasteiger partial charge in [-0.2, -0.15) is 9.61 Å². The number of methoxy groups -OCH3 is 1. The zero-order valence-corrected chi connectivity index (χ0v) is 16.0. The smallest absolute Gasteiger partial charge is 0.218 e. The van der Waals surface area contributed by atoms with Gasteiger partial charge in [-0.1, -0.05) is 13.0 Å². The van der Waals surface area contributed by atoms with E-state index in [-0.39, 0.29) is 6.04 Å². The summed E-state index contributed by atoms with van der Waals surface area (Å²) in [5, 5.41) is 7.67. The zero-order valence-electron chi connectivity index (χ0n) is 16.0. The van der Waals surface area contributed by atoms with Gasteiger partial charge in [0.15, 0.2) is 5.65 Å². The summed E-state index contributed by atoms with van der Waals surface area (Å²) in [7, 11) is 1.63. The molecule has 1 atom stereocenters. The Balaban J connectivity index is 2.07. The lowest BCUT2D eigenvalue weighted by Crippen LogP contribution is -2.18. The number of aromatic nitrogens is 4. The third-order valence-electron chi connectivity index (χ3n) is 4.24. The van der Waals surface area contributed by atoms with Crippen LogP contribution in [0.1, 0.15) is 32.0 Å². The molecule has 0 radical (unpaired) electrons. The highest BCUT2D eigenvalue weighted by atomic mass is 16.5. The van der Waals surface area contributed by atoms with Crippen molar-refractivity contribution in [3.05, 3.63) is 48.9 Å². The van der Waals surface area contributed by atoms with Gasteiger partial charge in [-0.25, -0.2) is 4.98 Å². The normalized spacial score (nSPS) is 12.1. The first-order valence-corrected chi connectivity index (χ1v) is 9.04. The SMILES string of the molecule is C=CCCOc1cc(-c2cc([C@@H](C)NCC)ncc2OC)nc2ccnn12. The first kappa shape index (κ1) is 18.8. The number of hydrogen-bond acceptors (Lipinski definition) is 6. The molecule has 3 heterocycles. The van der Waals surface area contributed by atoms with Crippen LogP contribution in [-0.2, 0) is 0 Å². The summed E-state index contributed by atoms with van der Waals surface area (Å²) >= 11 is 0. The molecule has 142 valence electrons. The average molecular weight is 367 g/mol. The van der Waals surface area contributed by atoms with E-state index in [1.165, 1.54) is 0 Å². The van der Waals surface area contributed by atoms with Crippen molar-refractivity contribution in [2.75, 3.05) is 20.3 Å².